The molecule has 2 aromatic carbocycles. The van der Waals surface area contributed by atoms with Crippen LogP contribution in [-0.2, 0) is 16.2 Å². The van der Waals surface area contributed by atoms with E-state index in [1.54, 1.807) is 24.1 Å². The maximum atomic E-state index is 12.5. The molecule has 148 valence electrons. The van der Waals surface area contributed by atoms with Crippen LogP contribution in [0.15, 0.2) is 47.6 Å². The Labute approximate surface area is 174 Å². The second-order valence-electron chi connectivity index (χ2n) is 6.58. The van der Waals surface area contributed by atoms with Gasteiger partial charge in [0.15, 0.2) is 6.10 Å². The van der Waals surface area contributed by atoms with Crippen LogP contribution in [0.4, 0.5) is 0 Å². The van der Waals surface area contributed by atoms with Gasteiger partial charge in [0.25, 0.3) is 0 Å². The second kappa shape index (κ2) is 9.30. The van der Waals surface area contributed by atoms with E-state index in [0.717, 1.165) is 22.6 Å². The number of oxime groups is 1. The molecule has 1 atom stereocenters. The summed E-state index contributed by atoms with van der Waals surface area (Å²) in [4.78, 5) is 19.9. The van der Waals surface area contributed by atoms with Crippen molar-refractivity contribution in [2.75, 3.05) is 13.7 Å². The molecule has 1 aliphatic heterocycles. The van der Waals surface area contributed by atoms with E-state index >= 15 is 0 Å². The van der Waals surface area contributed by atoms with Crippen LogP contribution < -0.4 is 4.74 Å². The molecule has 5 nitrogen and oxygen atoms in total. The average molecular weight is 421 g/mol. The fourth-order valence-electron chi connectivity index (χ4n) is 3.09. The third-order valence-corrected chi connectivity index (χ3v) is 5.31. The molecule has 2 aromatic rings. The predicted octanol–water partition coefficient (Wildman–Crippen LogP) is 4.93. The zero-order valence-corrected chi connectivity index (χ0v) is 17.3. The Morgan fingerprint density at radius 1 is 1.25 bits per heavy atom. The summed E-state index contributed by atoms with van der Waals surface area (Å²) in [5, 5.41) is 5.17. The number of methoxy groups -OCH3 is 1. The molecule has 28 heavy (non-hydrogen) atoms. The predicted molar refractivity (Wildman–Crippen MR) is 111 cm³/mol. The summed E-state index contributed by atoms with van der Waals surface area (Å²) in [5.74, 6) is 0.832. The largest absolute Gasteiger partial charge is 0.497 e. The number of nitrogens with zero attached hydrogens (tertiary/aromatic N) is 2. The Kier molecular flexibility index (Phi) is 6.81. The molecule has 3 rings (SSSR count). The minimum absolute atomic E-state index is 0.0643. The van der Waals surface area contributed by atoms with E-state index in [9.17, 15) is 4.79 Å². The van der Waals surface area contributed by atoms with Crippen LogP contribution in [0, 0.1) is 0 Å². The molecule has 1 unspecified atom stereocenters. The number of halogens is 2. The molecule has 0 N–H and O–H groups in total. The summed E-state index contributed by atoms with van der Waals surface area (Å²) in [5.41, 5.74) is 2.68. The van der Waals surface area contributed by atoms with Gasteiger partial charge in [-0.2, -0.15) is 0 Å². The van der Waals surface area contributed by atoms with Crippen molar-refractivity contribution in [1.82, 2.24) is 4.90 Å². The van der Waals surface area contributed by atoms with Gasteiger partial charge in [-0.05, 0) is 29.8 Å². The molecule has 0 saturated carbocycles. The number of ether oxygens (including phenoxy) is 1. The Morgan fingerprint density at radius 2 is 2.07 bits per heavy atom. The number of carbonyl (C=O) groups excluding carboxylic acids is 1. The summed E-state index contributed by atoms with van der Waals surface area (Å²) >= 11 is 12.1. The van der Waals surface area contributed by atoms with Crippen molar-refractivity contribution in [2.45, 2.75) is 32.4 Å². The van der Waals surface area contributed by atoms with Crippen LogP contribution >= 0.6 is 23.2 Å². The normalized spacial score (nSPS) is 15.7. The molecule has 0 fully saturated rings. The third kappa shape index (κ3) is 4.97. The summed E-state index contributed by atoms with van der Waals surface area (Å²) in [6, 6.07) is 13.1. The van der Waals surface area contributed by atoms with Crippen molar-refractivity contribution in [1.29, 1.82) is 0 Å². The van der Waals surface area contributed by atoms with Gasteiger partial charge < -0.3 is 14.5 Å². The zero-order chi connectivity index (χ0) is 20.1. The number of hydrogen-bond donors (Lipinski definition) is 0. The molecule has 7 heteroatoms. The Bertz CT molecular complexity index is 886. The quantitative estimate of drug-likeness (QED) is 0.637. The summed E-state index contributed by atoms with van der Waals surface area (Å²) in [6.07, 6.45) is 0.825. The smallest absolute Gasteiger partial charge is 0.222 e. The van der Waals surface area contributed by atoms with Gasteiger partial charge in [-0.25, -0.2) is 0 Å². The summed E-state index contributed by atoms with van der Waals surface area (Å²) in [6.45, 7) is 2.80. The van der Waals surface area contributed by atoms with Gasteiger partial charge in [-0.3, -0.25) is 4.79 Å². The topological polar surface area (TPSA) is 51.1 Å². The van der Waals surface area contributed by atoms with Gasteiger partial charge in [0.2, 0.25) is 5.91 Å². The number of rotatable bonds is 7. The molecule has 0 aromatic heterocycles. The summed E-state index contributed by atoms with van der Waals surface area (Å²) in [7, 11) is 1.63. The molecule has 1 amide bonds. The maximum absolute atomic E-state index is 12.5. The van der Waals surface area contributed by atoms with E-state index < -0.39 is 0 Å². The highest BCUT2D eigenvalue weighted by Gasteiger charge is 2.26. The lowest BCUT2D eigenvalue weighted by molar-refractivity contribution is -0.133. The molecule has 1 aliphatic rings. The fourth-order valence-corrected chi connectivity index (χ4v) is 3.39. The molecular weight excluding hydrogens is 399 g/mol. The molecule has 0 spiro atoms. The lowest BCUT2D eigenvalue weighted by Crippen LogP contribution is -2.36. The van der Waals surface area contributed by atoms with Crippen LogP contribution in [0.1, 0.15) is 30.9 Å². The zero-order valence-electron chi connectivity index (χ0n) is 15.8. The highest BCUT2D eigenvalue weighted by atomic mass is 35.5. The van der Waals surface area contributed by atoms with Gasteiger partial charge in [0.05, 0.1) is 29.4 Å². The van der Waals surface area contributed by atoms with Gasteiger partial charge in [0.1, 0.15) is 5.75 Å². The van der Waals surface area contributed by atoms with Gasteiger partial charge in [0, 0.05) is 24.9 Å². The Balaban J connectivity index is 1.67. The van der Waals surface area contributed by atoms with E-state index in [2.05, 4.69) is 5.16 Å². The first-order chi connectivity index (χ1) is 13.5. The standard InChI is InChI=1S/C21H22Cl2N2O3/c1-3-21(26)25(12-14-5-4-6-16(9-14)27-2)13-17-11-20(24-28-17)15-7-8-18(22)19(23)10-15/h4-10,17H,3,11-13H2,1-2H3. The molecule has 0 aliphatic carbocycles. The maximum Gasteiger partial charge on any atom is 0.222 e. The van der Waals surface area contributed by atoms with Crippen molar-refractivity contribution in [3.05, 3.63) is 63.6 Å². The molecule has 0 bridgehead atoms. The van der Waals surface area contributed by atoms with Crippen LogP contribution in [0.25, 0.3) is 0 Å². The summed E-state index contributed by atoms with van der Waals surface area (Å²) < 4.78 is 5.27. The first-order valence-corrected chi connectivity index (χ1v) is 9.84. The highest BCUT2D eigenvalue weighted by Crippen LogP contribution is 2.26. The SMILES string of the molecule is CCC(=O)N(Cc1cccc(OC)c1)CC1CC(c2ccc(Cl)c(Cl)c2)=NO1. The van der Waals surface area contributed by atoms with E-state index in [1.807, 2.05) is 37.3 Å². The number of amides is 1. The molecule has 0 saturated heterocycles. The second-order valence-corrected chi connectivity index (χ2v) is 7.39. The number of hydrogen-bond acceptors (Lipinski definition) is 4. The highest BCUT2D eigenvalue weighted by molar-refractivity contribution is 6.42. The third-order valence-electron chi connectivity index (χ3n) is 4.57. The van der Waals surface area contributed by atoms with Crippen molar-refractivity contribution in [2.24, 2.45) is 5.16 Å². The van der Waals surface area contributed by atoms with Gasteiger partial charge in [-0.15, -0.1) is 0 Å². The van der Waals surface area contributed by atoms with E-state index in [1.165, 1.54) is 0 Å². The van der Waals surface area contributed by atoms with Gasteiger partial charge in [-0.1, -0.05) is 53.5 Å². The molecule has 1 heterocycles. The first kappa shape index (κ1) is 20.5. The monoisotopic (exact) mass is 420 g/mol. The van der Waals surface area contributed by atoms with Crippen LogP contribution in [0.3, 0.4) is 0 Å². The molecular formula is C21H22Cl2N2O3. The van der Waals surface area contributed by atoms with E-state index in [4.69, 9.17) is 32.8 Å². The van der Waals surface area contributed by atoms with Crippen molar-refractivity contribution in [3.63, 3.8) is 0 Å². The number of benzene rings is 2. The van der Waals surface area contributed by atoms with Crippen molar-refractivity contribution in [3.8, 4) is 5.75 Å². The lowest BCUT2D eigenvalue weighted by Gasteiger charge is -2.24. The minimum atomic E-state index is -0.203. The van der Waals surface area contributed by atoms with Crippen LogP contribution in [0.5, 0.6) is 5.75 Å². The van der Waals surface area contributed by atoms with E-state index in [-0.39, 0.29) is 12.0 Å². The van der Waals surface area contributed by atoms with Crippen LogP contribution in [-0.4, -0.2) is 36.3 Å². The Morgan fingerprint density at radius 3 is 2.79 bits per heavy atom. The minimum Gasteiger partial charge on any atom is -0.497 e. The first-order valence-electron chi connectivity index (χ1n) is 9.09. The molecule has 0 radical (unpaired) electrons. The Hall–Kier alpha value is -2.24. The lowest BCUT2D eigenvalue weighted by atomic mass is 10.0. The van der Waals surface area contributed by atoms with Crippen LogP contribution in [0.2, 0.25) is 10.0 Å². The van der Waals surface area contributed by atoms with Crippen molar-refractivity contribution < 1.29 is 14.4 Å². The van der Waals surface area contributed by atoms with Crippen molar-refractivity contribution >= 4 is 34.8 Å². The average Bonchev–Trinajstić information content (AvgIpc) is 3.17. The van der Waals surface area contributed by atoms with E-state index in [0.29, 0.717) is 36.0 Å². The number of carbonyl (C=O) groups is 1. The van der Waals surface area contributed by atoms with Gasteiger partial charge >= 0.3 is 0 Å². The fraction of sp³-hybridized carbons (Fsp3) is 0.333.